The highest BCUT2D eigenvalue weighted by Gasteiger charge is 2.59. The summed E-state index contributed by atoms with van der Waals surface area (Å²) >= 11 is 0. The lowest BCUT2D eigenvalue weighted by Gasteiger charge is -2.58. The molecule has 0 aromatic heterocycles. The molecule has 136 valence electrons. The number of allylic oxidation sites excluding steroid dienone is 1. The highest BCUT2D eigenvalue weighted by molar-refractivity contribution is 5.25. The lowest BCUT2D eigenvalue weighted by Crippen LogP contribution is -2.51. The van der Waals surface area contributed by atoms with Crippen molar-refractivity contribution in [1.29, 1.82) is 0 Å². The van der Waals surface area contributed by atoms with Crippen molar-refractivity contribution in [2.75, 3.05) is 6.61 Å². The fourth-order valence-electron chi connectivity index (χ4n) is 7.44. The van der Waals surface area contributed by atoms with E-state index in [1.807, 2.05) is 0 Å². The third-order valence-electron chi connectivity index (χ3n) is 8.80. The van der Waals surface area contributed by atoms with E-state index >= 15 is 0 Å². The van der Waals surface area contributed by atoms with Crippen molar-refractivity contribution >= 4 is 0 Å². The molecule has 0 aliphatic heterocycles. The Morgan fingerprint density at radius 2 is 1.92 bits per heavy atom. The maximum atomic E-state index is 10.3. The van der Waals surface area contributed by atoms with E-state index in [1.165, 1.54) is 24.8 Å². The van der Waals surface area contributed by atoms with Crippen molar-refractivity contribution in [2.24, 2.45) is 34.5 Å². The fraction of sp³-hybridized carbons (Fsp3) is 0.905. The van der Waals surface area contributed by atoms with Gasteiger partial charge in [0.15, 0.2) is 0 Å². The molecule has 0 heterocycles. The molecule has 4 rings (SSSR count). The number of aliphatic hydroxyl groups is 3. The zero-order chi connectivity index (χ0) is 17.1. The van der Waals surface area contributed by atoms with Crippen LogP contribution < -0.4 is 0 Å². The van der Waals surface area contributed by atoms with E-state index in [1.54, 1.807) is 0 Å². The van der Waals surface area contributed by atoms with Gasteiger partial charge in [0.25, 0.3) is 0 Å². The van der Waals surface area contributed by atoms with Gasteiger partial charge < -0.3 is 15.3 Å². The van der Waals surface area contributed by atoms with E-state index in [0.29, 0.717) is 5.92 Å². The average Bonchev–Trinajstić information content (AvgIpc) is 2.92. The zero-order valence-corrected chi connectivity index (χ0v) is 15.2. The molecule has 0 saturated heterocycles. The van der Waals surface area contributed by atoms with Crippen LogP contribution in [-0.2, 0) is 0 Å². The van der Waals surface area contributed by atoms with E-state index in [-0.39, 0.29) is 29.5 Å². The van der Waals surface area contributed by atoms with Gasteiger partial charge in [-0.1, -0.05) is 25.5 Å². The average molecular weight is 335 g/mol. The highest BCUT2D eigenvalue weighted by Crippen LogP contribution is 2.66. The van der Waals surface area contributed by atoms with Gasteiger partial charge in [-0.05, 0) is 85.9 Å². The zero-order valence-electron chi connectivity index (χ0n) is 15.2. The first-order valence-electron chi connectivity index (χ1n) is 10.1. The van der Waals surface area contributed by atoms with Gasteiger partial charge in [-0.15, -0.1) is 0 Å². The minimum absolute atomic E-state index is 0.0965. The highest BCUT2D eigenvalue weighted by atomic mass is 16.3. The van der Waals surface area contributed by atoms with Gasteiger partial charge in [0.1, 0.15) is 0 Å². The van der Waals surface area contributed by atoms with E-state index in [9.17, 15) is 15.3 Å². The molecule has 8 atom stereocenters. The summed E-state index contributed by atoms with van der Waals surface area (Å²) in [6, 6.07) is 0. The number of rotatable bonds is 2. The predicted octanol–water partition coefficient (Wildman–Crippen LogP) is 3.28. The summed E-state index contributed by atoms with van der Waals surface area (Å²) in [5.74, 6) is 2.42. The first kappa shape index (κ1) is 17.1. The number of fused-ring (bicyclic) bond motifs is 5. The quantitative estimate of drug-likeness (QED) is 0.679. The van der Waals surface area contributed by atoms with Crippen molar-refractivity contribution in [3.05, 3.63) is 11.6 Å². The van der Waals surface area contributed by atoms with Gasteiger partial charge >= 0.3 is 0 Å². The van der Waals surface area contributed by atoms with E-state index in [0.717, 1.165) is 43.9 Å². The Morgan fingerprint density at radius 1 is 1.12 bits per heavy atom. The normalized spacial score (nSPS) is 52.0. The van der Waals surface area contributed by atoms with E-state index < -0.39 is 6.10 Å². The minimum Gasteiger partial charge on any atom is -0.394 e. The van der Waals surface area contributed by atoms with Crippen LogP contribution in [0.3, 0.4) is 0 Å². The Hall–Kier alpha value is -0.380. The van der Waals surface area contributed by atoms with Crippen molar-refractivity contribution in [3.63, 3.8) is 0 Å². The van der Waals surface area contributed by atoms with Crippen LogP contribution in [0.25, 0.3) is 0 Å². The molecule has 0 bridgehead atoms. The van der Waals surface area contributed by atoms with Crippen LogP contribution in [0, 0.1) is 34.5 Å². The Morgan fingerprint density at radius 3 is 2.67 bits per heavy atom. The van der Waals surface area contributed by atoms with Crippen LogP contribution >= 0.6 is 0 Å². The van der Waals surface area contributed by atoms with Crippen LogP contribution in [0.5, 0.6) is 0 Å². The molecule has 3 N–H and O–H groups in total. The topological polar surface area (TPSA) is 60.7 Å². The number of aliphatic hydroxyl groups excluding tert-OH is 3. The second-order valence-corrected chi connectivity index (χ2v) is 9.63. The SMILES string of the molecule is C[C@]12CC[C@@H]3[C@H](CC=C4C[C@@H](O)CC[C@@]43C)[C@H]1CC[C@H]2[C@@H](O)CO. The molecule has 0 aromatic rings. The number of hydrogen-bond donors (Lipinski definition) is 3. The molecule has 24 heavy (non-hydrogen) atoms. The fourth-order valence-corrected chi connectivity index (χ4v) is 7.44. The predicted molar refractivity (Wildman–Crippen MR) is 94.3 cm³/mol. The van der Waals surface area contributed by atoms with Gasteiger partial charge in [0.2, 0.25) is 0 Å². The Balaban J connectivity index is 1.63. The van der Waals surface area contributed by atoms with Crippen molar-refractivity contribution < 1.29 is 15.3 Å². The van der Waals surface area contributed by atoms with Crippen LogP contribution in [0.2, 0.25) is 0 Å². The second kappa shape index (κ2) is 5.82. The summed E-state index contributed by atoms with van der Waals surface area (Å²) in [5, 5.41) is 29.9. The molecule has 4 aliphatic carbocycles. The molecule has 3 heteroatoms. The molecule has 0 spiro atoms. The lowest BCUT2D eigenvalue weighted by atomic mass is 9.47. The van der Waals surface area contributed by atoms with Crippen molar-refractivity contribution in [2.45, 2.75) is 77.4 Å². The Kier molecular flexibility index (Phi) is 4.14. The van der Waals surface area contributed by atoms with Crippen molar-refractivity contribution in [3.8, 4) is 0 Å². The summed E-state index contributed by atoms with van der Waals surface area (Å²) in [6.07, 6.45) is 10.6. The largest absolute Gasteiger partial charge is 0.394 e. The lowest BCUT2D eigenvalue weighted by molar-refractivity contribution is -0.0779. The molecule has 0 unspecified atom stereocenters. The Labute approximate surface area is 146 Å². The maximum Gasteiger partial charge on any atom is 0.0804 e. The maximum absolute atomic E-state index is 10.3. The molecular formula is C21H34O3. The molecule has 3 fully saturated rings. The molecule has 0 amide bonds. The first-order valence-corrected chi connectivity index (χ1v) is 10.1. The van der Waals surface area contributed by atoms with Crippen LogP contribution in [0.4, 0.5) is 0 Å². The summed E-state index contributed by atoms with van der Waals surface area (Å²) in [6.45, 7) is 4.75. The van der Waals surface area contributed by atoms with E-state index in [2.05, 4.69) is 19.9 Å². The van der Waals surface area contributed by atoms with Gasteiger partial charge in [-0.2, -0.15) is 0 Å². The van der Waals surface area contributed by atoms with Gasteiger partial charge in [0.05, 0.1) is 18.8 Å². The molecule has 3 nitrogen and oxygen atoms in total. The standard InChI is InChI=1S/C21H34O3/c1-20-9-7-14(23)11-13(20)3-4-15-16-5-6-18(19(24)12-22)21(16,2)10-8-17(15)20/h3,14-19,22-24H,4-12H2,1-2H3/t14-,15+,16+,17+,18-,19-,20-,21-/m0/s1. The summed E-state index contributed by atoms with van der Waals surface area (Å²) < 4.78 is 0. The first-order chi connectivity index (χ1) is 11.4. The van der Waals surface area contributed by atoms with Crippen LogP contribution in [0.15, 0.2) is 11.6 Å². The molecule has 3 saturated carbocycles. The molecular weight excluding hydrogens is 300 g/mol. The third kappa shape index (κ3) is 2.27. The summed E-state index contributed by atoms with van der Waals surface area (Å²) in [5.41, 5.74) is 2.01. The summed E-state index contributed by atoms with van der Waals surface area (Å²) in [7, 11) is 0. The smallest absolute Gasteiger partial charge is 0.0804 e. The van der Waals surface area contributed by atoms with Crippen LogP contribution in [0.1, 0.15) is 65.2 Å². The second-order valence-electron chi connectivity index (χ2n) is 9.63. The van der Waals surface area contributed by atoms with Crippen molar-refractivity contribution in [1.82, 2.24) is 0 Å². The molecule has 4 aliphatic rings. The third-order valence-corrected chi connectivity index (χ3v) is 8.80. The molecule has 0 aromatic carbocycles. The molecule has 0 radical (unpaired) electrons. The van der Waals surface area contributed by atoms with Gasteiger partial charge in [-0.25, -0.2) is 0 Å². The van der Waals surface area contributed by atoms with Gasteiger partial charge in [0, 0.05) is 0 Å². The Bertz CT molecular complexity index is 529. The monoisotopic (exact) mass is 334 g/mol. The minimum atomic E-state index is -0.549. The summed E-state index contributed by atoms with van der Waals surface area (Å²) in [4.78, 5) is 0. The van der Waals surface area contributed by atoms with Gasteiger partial charge in [-0.3, -0.25) is 0 Å². The number of hydrogen-bond acceptors (Lipinski definition) is 3. The van der Waals surface area contributed by atoms with Crippen LogP contribution in [-0.4, -0.2) is 34.1 Å². The van der Waals surface area contributed by atoms with E-state index in [4.69, 9.17) is 0 Å².